The minimum Gasteiger partial charge on any atom is -0.494 e. The fourth-order valence-corrected chi connectivity index (χ4v) is 4.42. The van der Waals surface area contributed by atoms with Gasteiger partial charge in [-0.1, -0.05) is 24.3 Å². The molecule has 2 N–H and O–H groups in total. The maximum atomic E-state index is 14.8. The van der Waals surface area contributed by atoms with Gasteiger partial charge >= 0.3 is 0 Å². The molecule has 10 heteroatoms. The Hall–Kier alpha value is -4.28. The number of anilines is 3. The Balaban J connectivity index is 1.34. The van der Waals surface area contributed by atoms with Gasteiger partial charge in [0.25, 0.3) is 0 Å². The summed E-state index contributed by atoms with van der Waals surface area (Å²) in [7, 11) is 3.43. The Morgan fingerprint density at radius 1 is 1.18 bits per heavy atom. The number of morpholine rings is 1. The zero-order valence-electron chi connectivity index (χ0n) is 21.3. The summed E-state index contributed by atoms with van der Waals surface area (Å²) in [6.07, 6.45) is 6.84. The molecule has 3 heterocycles. The van der Waals surface area contributed by atoms with Gasteiger partial charge in [0.05, 0.1) is 37.4 Å². The van der Waals surface area contributed by atoms with Crippen molar-refractivity contribution in [3.05, 3.63) is 72.8 Å². The number of aryl methyl sites for hydroxylation is 1. The number of hydrogen-bond acceptors (Lipinski definition) is 7. The number of para-hydroxylation sites is 1. The third kappa shape index (κ3) is 5.66. The normalized spacial score (nSPS) is 14.2. The van der Waals surface area contributed by atoms with E-state index < -0.39 is 11.7 Å². The number of fused-ring (bicyclic) bond motifs is 1. The number of carbonyl (C=O) groups excluding carboxylic acids is 1. The molecule has 196 valence electrons. The molecule has 0 aliphatic carbocycles. The van der Waals surface area contributed by atoms with Gasteiger partial charge < -0.3 is 24.7 Å². The number of methoxy groups -OCH3 is 1. The Kier molecular flexibility index (Phi) is 7.62. The van der Waals surface area contributed by atoms with Crippen LogP contribution in [0.15, 0.2) is 67.0 Å². The largest absolute Gasteiger partial charge is 0.494 e. The number of rotatable bonds is 8. The molecular formula is C28H29FN6O3. The highest BCUT2D eigenvalue weighted by Gasteiger charge is 2.15. The molecule has 0 spiro atoms. The first-order valence-corrected chi connectivity index (χ1v) is 12.3. The Bertz CT molecular complexity index is 1480. The number of benzene rings is 2. The highest BCUT2D eigenvalue weighted by atomic mass is 19.1. The van der Waals surface area contributed by atoms with Crippen molar-refractivity contribution in [2.45, 2.75) is 0 Å². The van der Waals surface area contributed by atoms with Gasteiger partial charge in [0.2, 0.25) is 11.9 Å². The van der Waals surface area contributed by atoms with Crippen molar-refractivity contribution >= 4 is 34.1 Å². The van der Waals surface area contributed by atoms with E-state index in [4.69, 9.17) is 9.47 Å². The summed E-state index contributed by atoms with van der Waals surface area (Å²) in [6, 6.07) is 12.6. The van der Waals surface area contributed by atoms with Crippen LogP contribution in [0.5, 0.6) is 5.75 Å². The molecule has 1 fully saturated rings. The second kappa shape index (κ2) is 11.4. The summed E-state index contributed by atoms with van der Waals surface area (Å²) in [4.78, 5) is 23.6. The first kappa shape index (κ1) is 25.4. The standard InChI is InChI=1S/C28H29FN6O3/c1-34-18-20(19-6-3-4-7-25(19)34)22-9-10-30-28(32-22)33-24-17-23(21(29)16-26(24)37-2)31-27(36)8-5-11-35-12-14-38-15-13-35/h3-10,16-18H,11-15H2,1-2H3,(H,31,36)(H,30,32,33)/b8-5+. The van der Waals surface area contributed by atoms with Gasteiger partial charge in [-0.2, -0.15) is 0 Å². The van der Waals surface area contributed by atoms with Crippen LogP contribution in [0.2, 0.25) is 0 Å². The molecule has 4 aromatic rings. The molecule has 1 amide bonds. The van der Waals surface area contributed by atoms with E-state index in [0.717, 1.165) is 35.2 Å². The van der Waals surface area contributed by atoms with Crippen molar-refractivity contribution in [2.75, 3.05) is 50.6 Å². The molecule has 2 aromatic heterocycles. The van der Waals surface area contributed by atoms with E-state index in [9.17, 15) is 9.18 Å². The molecule has 9 nitrogen and oxygen atoms in total. The molecule has 38 heavy (non-hydrogen) atoms. The zero-order chi connectivity index (χ0) is 26.5. The third-order valence-electron chi connectivity index (χ3n) is 6.36. The number of amides is 1. The lowest BCUT2D eigenvalue weighted by Crippen LogP contribution is -2.36. The minimum absolute atomic E-state index is 0.0135. The number of carbonyl (C=O) groups is 1. The number of aromatic nitrogens is 3. The SMILES string of the molecule is COc1cc(F)c(NC(=O)/C=C/CN2CCOCC2)cc1Nc1nccc(-c2cn(C)c3ccccc23)n1. The monoisotopic (exact) mass is 516 g/mol. The van der Waals surface area contributed by atoms with E-state index in [0.29, 0.717) is 31.4 Å². The first-order valence-electron chi connectivity index (χ1n) is 12.3. The lowest BCUT2D eigenvalue weighted by atomic mass is 10.1. The van der Waals surface area contributed by atoms with Crippen LogP contribution in [0.1, 0.15) is 0 Å². The zero-order valence-corrected chi connectivity index (χ0v) is 21.3. The number of nitrogens with zero attached hydrogens (tertiary/aromatic N) is 4. The molecule has 0 radical (unpaired) electrons. The highest BCUT2D eigenvalue weighted by Crippen LogP contribution is 2.33. The van der Waals surface area contributed by atoms with Crippen LogP contribution in [0.4, 0.5) is 21.7 Å². The maximum Gasteiger partial charge on any atom is 0.248 e. The second-order valence-electron chi connectivity index (χ2n) is 8.90. The van der Waals surface area contributed by atoms with Crippen molar-refractivity contribution in [1.29, 1.82) is 0 Å². The van der Waals surface area contributed by atoms with Gasteiger partial charge in [0.1, 0.15) is 5.75 Å². The van der Waals surface area contributed by atoms with E-state index in [1.165, 1.54) is 25.3 Å². The molecule has 1 aliphatic heterocycles. The van der Waals surface area contributed by atoms with E-state index in [1.807, 2.05) is 42.1 Å². The molecule has 5 rings (SSSR count). The van der Waals surface area contributed by atoms with Gasteiger partial charge in [-0.15, -0.1) is 0 Å². The smallest absolute Gasteiger partial charge is 0.248 e. The van der Waals surface area contributed by atoms with Gasteiger partial charge in [0.15, 0.2) is 5.82 Å². The third-order valence-corrected chi connectivity index (χ3v) is 6.36. The molecular weight excluding hydrogens is 487 g/mol. The van der Waals surface area contributed by atoms with Crippen LogP contribution >= 0.6 is 0 Å². The first-order chi connectivity index (χ1) is 18.5. The number of nitrogens with one attached hydrogen (secondary N) is 2. The predicted octanol–water partition coefficient (Wildman–Crippen LogP) is 4.35. The summed E-state index contributed by atoms with van der Waals surface area (Å²) in [6.45, 7) is 3.62. The van der Waals surface area contributed by atoms with Crippen molar-refractivity contribution in [1.82, 2.24) is 19.4 Å². The van der Waals surface area contributed by atoms with Crippen LogP contribution in [0.25, 0.3) is 22.2 Å². The summed E-state index contributed by atoms with van der Waals surface area (Å²) in [5.74, 6) is -0.485. The van der Waals surface area contributed by atoms with Gasteiger partial charge in [0, 0.05) is 67.7 Å². The van der Waals surface area contributed by atoms with E-state index in [1.54, 1.807) is 12.3 Å². The average Bonchev–Trinajstić information content (AvgIpc) is 3.27. The van der Waals surface area contributed by atoms with E-state index >= 15 is 0 Å². The molecule has 0 unspecified atom stereocenters. The summed E-state index contributed by atoms with van der Waals surface area (Å²) in [5.41, 5.74) is 3.22. The van der Waals surface area contributed by atoms with E-state index in [-0.39, 0.29) is 11.4 Å². The second-order valence-corrected chi connectivity index (χ2v) is 8.90. The quantitative estimate of drug-likeness (QED) is 0.336. The highest BCUT2D eigenvalue weighted by molar-refractivity contribution is 6.00. The van der Waals surface area contributed by atoms with Gasteiger partial charge in [-0.3, -0.25) is 9.69 Å². The van der Waals surface area contributed by atoms with Crippen LogP contribution in [0, 0.1) is 5.82 Å². The predicted molar refractivity (Wildman–Crippen MR) is 145 cm³/mol. The minimum atomic E-state index is -0.618. The van der Waals surface area contributed by atoms with Crippen molar-refractivity contribution in [3.63, 3.8) is 0 Å². The lowest BCUT2D eigenvalue weighted by molar-refractivity contribution is -0.111. The van der Waals surface area contributed by atoms with Crippen LogP contribution < -0.4 is 15.4 Å². The van der Waals surface area contributed by atoms with Crippen LogP contribution in [-0.4, -0.2) is 65.3 Å². The Morgan fingerprint density at radius 2 is 2.00 bits per heavy atom. The van der Waals surface area contributed by atoms with Crippen molar-refractivity contribution in [3.8, 4) is 17.0 Å². The Labute approximate surface area is 219 Å². The van der Waals surface area contributed by atoms with Crippen molar-refractivity contribution < 1.29 is 18.7 Å². The summed E-state index contributed by atoms with van der Waals surface area (Å²) >= 11 is 0. The molecule has 1 aliphatic rings. The molecule has 1 saturated heterocycles. The number of ether oxygens (including phenoxy) is 2. The summed E-state index contributed by atoms with van der Waals surface area (Å²) in [5, 5.41) is 6.78. The maximum absolute atomic E-state index is 14.8. The fourth-order valence-electron chi connectivity index (χ4n) is 4.42. The molecule has 2 aromatic carbocycles. The van der Waals surface area contributed by atoms with Gasteiger partial charge in [-0.25, -0.2) is 14.4 Å². The van der Waals surface area contributed by atoms with Crippen LogP contribution in [-0.2, 0) is 16.6 Å². The Morgan fingerprint density at radius 3 is 2.82 bits per heavy atom. The van der Waals surface area contributed by atoms with Gasteiger partial charge in [-0.05, 0) is 18.2 Å². The topological polar surface area (TPSA) is 93.5 Å². The molecule has 0 atom stereocenters. The number of halogens is 1. The average molecular weight is 517 g/mol. The molecule has 0 saturated carbocycles. The van der Waals surface area contributed by atoms with Crippen LogP contribution in [0.3, 0.4) is 0 Å². The number of hydrogen-bond donors (Lipinski definition) is 2. The van der Waals surface area contributed by atoms with E-state index in [2.05, 4.69) is 31.6 Å². The lowest BCUT2D eigenvalue weighted by Gasteiger charge is -2.25. The summed E-state index contributed by atoms with van der Waals surface area (Å²) < 4.78 is 27.5. The molecule has 0 bridgehead atoms. The fraction of sp³-hybridized carbons (Fsp3) is 0.250. The van der Waals surface area contributed by atoms with Crippen molar-refractivity contribution in [2.24, 2.45) is 7.05 Å².